The SMILES string of the molecule is Cc1[nH]nc(CCC(=O)NCc2noc(Cc3cccs3)n2)c1C. The maximum absolute atomic E-state index is 11.9. The van der Waals surface area contributed by atoms with E-state index in [2.05, 4.69) is 25.7 Å². The van der Waals surface area contributed by atoms with Gasteiger partial charge in [0.15, 0.2) is 5.82 Å². The highest BCUT2D eigenvalue weighted by atomic mass is 32.1. The van der Waals surface area contributed by atoms with Crippen molar-refractivity contribution >= 4 is 17.2 Å². The van der Waals surface area contributed by atoms with E-state index in [1.165, 1.54) is 4.88 Å². The van der Waals surface area contributed by atoms with Crippen LogP contribution in [0.3, 0.4) is 0 Å². The number of nitrogens with zero attached hydrogens (tertiary/aromatic N) is 3. The molecule has 0 radical (unpaired) electrons. The van der Waals surface area contributed by atoms with E-state index in [4.69, 9.17) is 4.52 Å². The minimum absolute atomic E-state index is 0.0559. The summed E-state index contributed by atoms with van der Waals surface area (Å²) in [6, 6.07) is 4.01. The van der Waals surface area contributed by atoms with Crippen molar-refractivity contribution in [3.63, 3.8) is 0 Å². The predicted octanol–water partition coefficient (Wildman–Crippen LogP) is 2.31. The quantitative estimate of drug-likeness (QED) is 0.685. The molecule has 0 spiro atoms. The lowest BCUT2D eigenvalue weighted by Gasteiger charge is -2.01. The third-order valence-electron chi connectivity index (χ3n) is 3.80. The Hall–Kier alpha value is -2.48. The van der Waals surface area contributed by atoms with Gasteiger partial charge in [0.05, 0.1) is 18.7 Å². The van der Waals surface area contributed by atoms with E-state index in [-0.39, 0.29) is 12.5 Å². The van der Waals surface area contributed by atoms with Gasteiger partial charge < -0.3 is 9.84 Å². The van der Waals surface area contributed by atoms with Gasteiger partial charge in [-0.3, -0.25) is 9.89 Å². The topological polar surface area (TPSA) is 96.7 Å². The summed E-state index contributed by atoms with van der Waals surface area (Å²) in [7, 11) is 0. The Morgan fingerprint density at radius 2 is 2.29 bits per heavy atom. The average Bonchev–Trinajstić information content (AvgIpc) is 3.29. The second-order valence-corrected chi connectivity index (χ2v) is 6.59. The number of amides is 1. The second-order valence-electron chi connectivity index (χ2n) is 5.56. The van der Waals surface area contributed by atoms with Gasteiger partial charge in [-0.05, 0) is 30.9 Å². The zero-order valence-corrected chi connectivity index (χ0v) is 14.4. The summed E-state index contributed by atoms with van der Waals surface area (Å²) in [6.45, 7) is 4.24. The zero-order chi connectivity index (χ0) is 16.9. The first-order valence-electron chi connectivity index (χ1n) is 7.73. The highest BCUT2D eigenvalue weighted by Gasteiger charge is 2.11. The first kappa shape index (κ1) is 16.4. The maximum atomic E-state index is 11.9. The maximum Gasteiger partial charge on any atom is 0.231 e. The Morgan fingerprint density at radius 3 is 3.00 bits per heavy atom. The molecule has 0 aliphatic carbocycles. The molecule has 3 aromatic heterocycles. The van der Waals surface area contributed by atoms with Gasteiger partial charge >= 0.3 is 0 Å². The van der Waals surface area contributed by atoms with Crippen LogP contribution in [-0.2, 0) is 24.2 Å². The summed E-state index contributed by atoms with van der Waals surface area (Å²) in [6.07, 6.45) is 1.61. The molecule has 3 rings (SSSR count). The molecule has 0 saturated heterocycles. The van der Waals surface area contributed by atoms with Crippen LogP contribution in [0.4, 0.5) is 0 Å². The number of aryl methyl sites for hydroxylation is 2. The molecule has 0 aliphatic heterocycles. The van der Waals surface area contributed by atoms with Gasteiger partial charge in [0, 0.05) is 23.4 Å². The smallest absolute Gasteiger partial charge is 0.231 e. The summed E-state index contributed by atoms with van der Waals surface area (Å²) in [5, 5.41) is 15.8. The molecular formula is C16H19N5O2S. The van der Waals surface area contributed by atoms with Gasteiger partial charge in [0.25, 0.3) is 0 Å². The van der Waals surface area contributed by atoms with E-state index in [0.717, 1.165) is 17.0 Å². The van der Waals surface area contributed by atoms with Crippen LogP contribution in [0.15, 0.2) is 22.0 Å². The molecule has 0 aromatic carbocycles. The van der Waals surface area contributed by atoms with Gasteiger partial charge in [0.2, 0.25) is 11.8 Å². The van der Waals surface area contributed by atoms with Gasteiger partial charge in [-0.15, -0.1) is 11.3 Å². The van der Waals surface area contributed by atoms with Gasteiger partial charge in [-0.1, -0.05) is 11.2 Å². The largest absolute Gasteiger partial charge is 0.349 e. The van der Waals surface area contributed by atoms with Crippen LogP contribution >= 0.6 is 11.3 Å². The van der Waals surface area contributed by atoms with Crippen molar-refractivity contribution in [1.82, 2.24) is 25.7 Å². The van der Waals surface area contributed by atoms with Crippen molar-refractivity contribution < 1.29 is 9.32 Å². The highest BCUT2D eigenvalue weighted by Crippen LogP contribution is 2.13. The summed E-state index contributed by atoms with van der Waals surface area (Å²) in [5.41, 5.74) is 3.08. The molecular weight excluding hydrogens is 326 g/mol. The van der Waals surface area contributed by atoms with Crippen molar-refractivity contribution in [3.8, 4) is 0 Å². The Morgan fingerprint density at radius 1 is 1.42 bits per heavy atom. The fourth-order valence-corrected chi connectivity index (χ4v) is 2.97. The third-order valence-corrected chi connectivity index (χ3v) is 4.68. The molecule has 3 aromatic rings. The molecule has 0 saturated carbocycles. The van der Waals surface area contributed by atoms with Gasteiger partial charge in [-0.25, -0.2) is 0 Å². The number of carbonyl (C=O) groups excluding carboxylic acids is 1. The van der Waals surface area contributed by atoms with Crippen LogP contribution in [0.25, 0.3) is 0 Å². The lowest BCUT2D eigenvalue weighted by Crippen LogP contribution is -2.23. The monoisotopic (exact) mass is 345 g/mol. The number of aromatic nitrogens is 4. The molecule has 3 heterocycles. The molecule has 24 heavy (non-hydrogen) atoms. The number of nitrogens with one attached hydrogen (secondary N) is 2. The lowest BCUT2D eigenvalue weighted by molar-refractivity contribution is -0.121. The van der Waals surface area contributed by atoms with Crippen LogP contribution in [0.5, 0.6) is 0 Å². The molecule has 126 valence electrons. The minimum Gasteiger partial charge on any atom is -0.349 e. The fourth-order valence-electron chi connectivity index (χ4n) is 2.27. The van der Waals surface area contributed by atoms with E-state index in [0.29, 0.717) is 31.0 Å². The molecule has 0 fully saturated rings. The summed E-state index contributed by atoms with van der Waals surface area (Å²) < 4.78 is 5.20. The number of hydrogen-bond acceptors (Lipinski definition) is 6. The van der Waals surface area contributed by atoms with E-state index < -0.39 is 0 Å². The van der Waals surface area contributed by atoms with Crippen LogP contribution in [0.1, 0.15) is 40.0 Å². The van der Waals surface area contributed by atoms with Crippen molar-refractivity contribution in [3.05, 3.63) is 51.1 Å². The van der Waals surface area contributed by atoms with Crippen molar-refractivity contribution in [2.75, 3.05) is 0 Å². The predicted molar refractivity (Wildman–Crippen MR) is 89.7 cm³/mol. The summed E-state index contributed by atoms with van der Waals surface area (Å²) in [5.74, 6) is 0.991. The van der Waals surface area contributed by atoms with Crippen LogP contribution in [0, 0.1) is 13.8 Å². The molecule has 8 heteroatoms. The van der Waals surface area contributed by atoms with Gasteiger partial charge in [-0.2, -0.15) is 10.1 Å². The van der Waals surface area contributed by atoms with E-state index >= 15 is 0 Å². The Balaban J connectivity index is 1.44. The number of H-pyrrole nitrogens is 1. The second kappa shape index (κ2) is 7.39. The van der Waals surface area contributed by atoms with Crippen LogP contribution in [-0.4, -0.2) is 26.2 Å². The molecule has 2 N–H and O–H groups in total. The molecule has 0 aliphatic rings. The molecule has 0 unspecified atom stereocenters. The summed E-state index contributed by atoms with van der Waals surface area (Å²) >= 11 is 1.65. The first-order valence-corrected chi connectivity index (χ1v) is 8.60. The average molecular weight is 345 g/mol. The van der Waals surface area contributed by atoms with E-state index in [1.807, 2.05) is 31.4 Å². The molecule has 7 nitrogen and oxygen atoms in total. The number of hydrogen-bond donors (Lipinski definition) is 2. The highest BCUT2D eigenvalue weighted by molar-refractivity contribution is 7.09. The Labute approximate surface area is 143 Å². The van der Waals surface area contributed by atoms with E-state index in [9.17, 15) is 4.79 Å². The van der Waals surface area contributed by atoms with Crippen molar-refractivity contribution in [2.24, 2.45) is 0 Å². The van der Waals surface area contributed by atoms with E-state index in [1.54, 1.807) is 11.3 Å². The number of carbonyl (C=O) groups is 1. The fraction of sp³-hybridized carbons (Fsp3) is 0.375. The van der Waals surface area contributed by atoms with Crippen molar-refractivity contribution in [2.45, 2.75) is 39.7 Å². The van der Waals surface area contributed by atoms with Crippen LogP contribution < -0.4 is 5.32 Å². The Kier molecular flexibility index (Phi) is 5.05. The first-order chi connectivity index (χ1) is 11.6. The number of aromatic amines is 1. The Bertz CT molecular complexity index is 806. The standard InChI is InChI=1S/C16H19N5O2S/c1-10-11(2)19-20-13(10)5-6-15(22)17-9-14-18-16(23-21-14)8-12-4-3-7-24-12/h3-4,7H,5-6,8-9H2,1-2H3,(H,17,22)(H,19,20). The zero-order valence-electron chi connectivity index (χ0n) is 13.6. The van der Waals surface area contributed by atoms with Crippen LogP contribution in [0.2, 0.25) is 0 Å². The normalized spacial score (nSPS) is 10.9. The number of rotatable bonds is 7. The van der Waals surface area contributed by atoms with Gasteiger partial charge in [0.1, 0.15) is 0 Å². The summed E-state index contributed by atoms with van der Waals surface area (Å²) in [4.78, 5) is 17.4. The molecule has 1 amide bonds. The minimum atomic E-state index is -0.0559. The third kappa shape index (κ3) is 4.08. The van der Waals surface area contributed by atoms with Crippen molar-refractivity contribution in [1.29, 1.82) is 0 Å². The molecule has 0 bridgehead atoms. The molecule has 0 atom stereocenters. The lowest BCUT2D eigenvalue weighted by atomic mass is 10.1. The number of thiophene rings is 1.